The van der Waals surface area contributed by atoms with Crippen LogP contribution in [0.2, 0.25) is 0 Å². The van der Waals surface area contributed by atoms with Crippen LogP contribution in [0.3, 0.4) is 0 Å². The van der Waals surface area contributed by atoms with Crippen molar-refractivity contribution in [2.45, 2.75) is 32.1 Å². The van der Waals surface area contributed by atoms with Crippen LogP contribution in [-0.2, 0) is 4.79 Å². The van der Waals surface area contributed by atoms with Crippen LogP contribution in [0.5, 0.6) is 0 Å². The second kappa shape index (κ2) is 4.56. The molecule has 1 aliphatic carbocycles. The van der Waals surface area contributed by atoms with Crippen molar-refractivity contribution < 1.29 is 9.90 Å². The summed E-state index contributed by atoms with van der Waals surface area (Å²) in [5.41, 5.74) is 0. The Kier molecular flexibility index (Phi) is 3.37. The summed E-state index contributed by atoms with van der Waals surface area (Å²) >= 11 is 1.94. The van der Waals surface area contributed by atoms with E-state index in [0.717, 1.165) is 23.8 Å². The predicted molar refractivity (Wildman–Crippen MR) is 58.5 cm³/mol. The Labute approximate surface area is 89.5 Å². The number of aliphatic carboxylic acids is 1. The summed E-state index contributed by atoms with van der Waals surface area (Å²) < 4.78 is 0. The molecule has 0 bridgehead atoms. The van der Waals surface area contributed by atoms with E-state index in [4.69, 9.17) is 5.11 Å². The molecule has 2 fully saturated rings. The molecule has 0 aromatic carbocycles. The minimum atomic E-state index is -0.561. The van der Waals surface area contributed by atoms with Gasteiger partial charge in [-0.2, -0.15) is 11.8 Å². The van der Waals surface area contributed by atoms with Gasteiger partial charge in [0.05, 0.1) is 5.92 Å². The number of carbonyl (C=O) groups is 1. The number of thioether (sulfide) groups is 1. The fourth-order valence-electron chi connectivity index (χ4n) is 2.51. The molecule has 1 heterocycles. The Morgan fingerprint density at radius 3 is 2.71 bits per heavy atom. The van der Waals surface area contributed by atoms with Gasteiger partial charge in [-0.25, -0.2) is 0 Å². The minimum absolute atomic E-state index is 0.0446. The molecule has 2 unspecified atom stereocenters. The number of hydrogen-bond donors (Lipinski definition) is 1. The lowest BCUT2D eigenvalue weighted by Gasteiger charge is -2.34. The number of carboxylic acid groups (broad SMARTS) is 1. The van der Waals surface area contributed by atoms with Gasteiger partial charge in [-0.05, 0) is 36.2 Å². The van der Waals surface area contributed by atoms with Crippen molar-refractivity contribution in [3.05, 3.63) is 0 Å². The lowest BCUT2D eigenvalue weighted by molar-refractivity contribution is -0.143. The quantitative estimate of drug-likeness (QED) is 0.784. The molecular formula is C11H18O2S. The zero-order chi connectivity index (χ0) is 9.97. The Bertz CT molecular complexity index is 213. The zero-order valence-electron chi connectivity index (χ0n) is 8.45. The van der Waals surface area contributed by atoms with Gasteiger partial charge in [0.25, 0.3) is 0 Å². The molecule has 1 saturated heterocycles. The van der Waals surface area contributed by atoms with Crippen LogP contribution >= 0.6 is 11.8 Å². The predicted octanol–water partition coefficient (Wildman–Crippen LogP) is 2.63. The molecule has 0 aromatic heterocycles. The summed E-state index contributed by atoms with van der Waals surface area (Å²) in [6.45, 7) is 0. The summed E-state index contributed by atoms with van der Waals surface area (Å²) in [7, 11) is 0. The SMILES string of the molecule is O=C(O)C1CCSCC1CC1CCC1. The van der Waals surface area contributed by atoms with Crippen LogP contribution in [0.15, 0.2) is 0 Å². The zero-order valence-corrected chi connectivity index (χ0v) is 9.26. The molecule has 2 aliphatic rings. The highest BCUT2D eigenvalue weighted by molar-refractivity contribution is 7.99. The second-order valence-electron chi connectivity index (χ2n) is 4.60. The maximum atomic E-state index is 11.0. The van der Waals surface area contributed by atoms with Crippen LogP contribution in [0, 0.1) is 17.8 Å². The number of hydrogen-bond acceptors (Lipinski definition) is 2. The molecule has 0 aromatic rings. The molecule has 1 N–H and O–H groups in total. The average Bonchev–Trinajstić information content (AvgIpc) is 2.12. The first kappa shape index (κ1) is 10.3. The van der Waals surface area contributed by atoms with Crippen molar-refractivity contribution in [3.63, 3.8) is 0 Å². The van der Waals surface area contributed by atoms with E-state index >= 15 is 0 Å². The number of carboxylic acids is 1. The fourth-order valence-corrected chi connectivity index (χ4v) is 3.77. The fraction of sp³-hybridized carbons (Fsp3) is 0.909. The largest absolute Gasteiger partial charge is 0.481 e. The summed E-state index contributed by atoms with van der Waals surface area (Å²) in [6.07, 6.45) is 6.10. The molecule has 0 radical (unpaired) electrons. The van der Waals surface area contributed by atoms with Crippen LogP contribution in [-0.4, -0.2) is 22.6 Å². The van der Waals surface area contributed by atoms with Crippen molar-refractivity contribution in [1.29, 1.82) is 0 Å². The third-order valence-electron chi connectivity index (χ3n) is 3.65. The molecule has 14 heavy (non-hydrogen) atoms. The van der Waals surface area contributed by atoms with Gasteiger partial charge in [-0.15, -0.1) is 0 Å². The van der Waals surface area contributed by atoms with E-state index in [0.29, 0.717) is 5.92 Å². The smallest absolute Gasteiger partial charge is 0.306 e. The molecule has 3 heteroatoms. The molecule has 1 aliphatic heterocycles. The molecule has 1 saturated carbocycles. The summed E-state index contributed by atoms with van der Waals surface area (Å²) in [4.78, 5) is 11.0. The van der Waals surface area contributed by atoms with Crippen molar-refractivity contribution in [3.8, 4) is 0 Å². The highest BCUT2D eigenvalue weighted by atomic mass is 32.2. The van der Waals surface area contributed by atoms with Gasteiger partial charge in [0.15, 0.2) is 0 Å². The van der Waals surface area contributed by atoms with Crippen molar-refractivity contribution in [1.82, 2.24) is 0 Å². The molecule has 80 valence electrons. The first-order valence-corrected chi connectivity index (χ1v) is 6.73. The normalized spacial score (nSPS) is 33.7. The molecule has 2 rings (SSSR count). The van der Waals surface area contributed by atoms with E-state index in [9.17, 15) is 4.79 Å². The van der Waals surface area contributed by atoms with Crippen LogP contribution in [0.1, 0.15) is 32.1 Å². The van der Waals surface area contributed by atoms with E-state index in [1.807, 2.05) is 11.8 Å². The van der Waals surface area contributed by atoms with E-state index < -0.39 is 5.97 Å². The van der Waals surface area contributed by atoms with Crippen LogP contribution in [0.4, 0.5) is 0 Å². The molecular weight excluding hydrogens is 196 g/mol. The monoisotopic (exact) mass is 214 g/mol. The maximum absolute atomic E-state index is 11.0. The van der Waals surface area contributed by atoms with Crippen LogP contribution < -0.4 is 0 Å². The van der Waals surface area contributed by atoms with Crippen molar-refractivity contribution in [2.24, 2.45) is 17.8 Å². The van der Waals surface area contributed by atoms with Gasteiger partial charge < -0.3 is 5.11 Å². The van der Waals surface area contributed by atoms with Crippen molar-refractivity contribution >= 4 is 17.7 Å². The van der Waals surface area contributed by atoms with E-state index in [2.05, 4.69) is 0 Å². The Morgan fingerprint density at radius 2 is 2.14 bits per heavy atom. The first-order chi connectivity index (χ1) is 6.77. The van der Waals surface area contributed by atoms with Gasteiger partial charge in [0.1, 0.15) is 0 Å². The van der Waals surface area contributed by atoms with Gasteiger partial charge in [0.2, 0.25) is 0 Å². The Hall–Kier alpha value is -0.180. The van der Waals surface area contributed by atoms with Gasteiger partial charge in [0, 0.05) is 0 Å². The average molecular weight is 214 g/mol. The lowest BCUT2D eigenvalue weighted by atomic mass is 9.75. The third kappa shape index (κ3) is 2.25. The molecule has 2 nitrogen and oxygen atoms in total. The maximum Gasteiger partial charge on any atom is 0.306 e. The molecule has 0 amide bonds. The summed E-state index contributed by atoms with van der Waals surface area (Å²) in [5, 5.41) is 9.10. The van der Waals surface area contributed by atoms with Crippen molar-refractivity contribution in [2.75, 3.05) is 11.5 Å². The first-order valence-electron chi connectivity index (χ1n) is 5.58. The standard InChI is InChI=1S/C11H18O2S/c12-11(13)10-4-5-14-7-9(10)6-8-2-1-3-8/h8-10H,1-7H2,(H,12,13). The lowest BCUT2D eigenvalue weighted by Crippen LogP contribution is -2.32. The molecule has 0 spiro atoms. The summed E-state index contributed by atoms with van der Waals surface area (Å²) in [6, 6.07) is 0. The highest BCUT2D eigenvalue weighted by Gasteiger charge is 2.33. The van der Waals surface area contributed by atoms with Gasteiger partial charge >= 0.3 is 5.97 Å². The highest BCUT2D eigenvalue weighted by Crippen LogP contribution is 2.39. The van der Waals surface area contributed by atoms with E-state index in [1.54, 1.807) is 0 Å². The Balaban J connectivity index is 1.88. The topological polar surface area (TPSA) is 37.3 Å². The summed E-state index contributed by atoms with van der Waals surface area (Å²) in [5.74, 6) is 2.81. The second-order valence-corrected chi connectivity index (χ2v) is 5.75. The van der Waals surface area contributed by atoms with Crippen LogP contribution in [0.25, 0.3) is 0 Å². The number of rotatable bonds is 3. The van der Waals surface area contributed by atoms with Gasteiger partial charge in [-0.3, -0.25) is 4.79 Å². The Morgan fingerprint density at radius 1 is 1.36 bits per heavy atom. The minimum Gasteiger partial charge on any atom is -0.481 e. The molecule has 2 atom stereocenters. The van der Waals surface area contributed by atoms with Gasteiger partial charge in [-0.1, -0.05) is 19.3 Å². The van der Waals surface area contributed by atoms with E-state index in [1.165, 1.54) is 25.7 Å². The third-order valence-corrected chi connectivity index (χ3v) is 4.84. The van der Waals surface area contributed by atoms with E-state index in [-0.39, 0.29) is 5.92 Å².